The van der Waals surface area contributed by atoms with E-state index in [0.29, 0.717) is 0 Å². The Morgan fingerprint density at radius 3 is 2.88 bits per heavy atom. The maximum absolute atomic E-state index is 11.5. The Morgan fingerprint density at radius 1 is 1.44 bits per heavy atom. The van der Waals surface area contributed by atoms with Gasteiger partial charge < -0.3 is 15.7 Å². The highest BCUT2D eigenvalue weighted by Gasteiger charge is 2.17. The molecule has 0 spiro atoms. The van der Waals surface area contributed by atoms with Crippen molar-refractivity contribution in [1.29, 1.82) is 0 Å². The molecule has 0 radical (unpaired) electrons. The Labute approximate surface area is 95.0 Å². The van der Waals surface area contributed by atoms with Crippen LogP contribution < -0.4 is 10.6 Å². The zero-order valence-electron chi connectivity index (χ0n) is 9.53. The Hall–Kier alpha value is -1.14. The number of nitrogens with zero attached hydrogens (tertiary/aromatic N) is 1. The molecule has 0 aromatic carbocycles. The van der Waals surface area contributed by atoms with E-state index in [1.165, 1.54) is 6.92 Å². The number of carbonyl (C=O) groups is 2. The highest BCUT2D eigenvalue weighted by molar-refractivity contribution is 5.84. The van der Waals surface area contributed by atoms with Crippen molar-refractivity contribution in [3.8, 4) is 0 Å². The molecule has 0 aliphatic carbocycles. The van der Waals surface area contributed by atoms with E-state index in [2.05, 4.69) is 10.6 Å². The van der Waals surface area contributed by atoms with Gasteiger partial charge in [0, 0.05) is 13.1 Å². The van der Waals surface area contributed by atoms with Gasteiger partial charge in [0.1, 0.15) is 6.04 Å². The fourth-order valence-corrected chi connectivity index (χ4v) is 1.61. The van der Waals surface area contributed by atoms with Crippen LogP contribution in [0.1, 0.15) is 13.3 Å². The van der Waals surface area contributed by atoms with E-state index in [9.17, 15) is 9.59 Å². The number of amides is 1. The standard InChI is InChI=1S/C10H19N3O3/c1-8(10(15)16)12-9(14)7-13-5-2-3-11-4-6-13/h8,11H,2-7H2,1H3,(H,12,14)(H,15,16). The van der Waals surface area contributed by atoms with E-state index < -0.39 is 12.0 Å². The average molecular weight is 229 g/mol. The molecule has 1 unspecified atom stereocenters. The van der Waals surface area contributed by atoms with E-state index in [-0.39, 0.29) is 12.5 Å². The predicted octanol–water partition coefficient (Wildman–Crippen LogP) is -1.13. The molecule has 1 fully saturated rings. The molecule has 0 bridgehead atoms. The Bertz CT molecular complexity index is 250. The second kappa shape index (κ2) is 6.44. The molecule has 92 valence electrons. The van der Waals surface area contributed by atoms with Crippen LogP contribution in [-0.2, 0) is 9.59 Å². The van der Waals surface area contributed by atoms with Crippen molar-refractivity contribution in [2.24, 2.45) is 0 Å². The second-order valence-electron chi connectivity index (χ2n) is 4.01. The summed E-state index contributed by atoms with van der Waals surface area (Å²) < 4.78 is 0. The molecular formula is C10H19N3O3. The number of carboxylic acid groups (broad SMARTS) is 1. The lowest BCUT2D eigenvalue weighted by molar-refractivity contribution is -0.141. The van der Waals surface area contributed by atoms with Crippen molar-refractivity contribution in [2.75, 3.05) is 32.7 Å². The largest absolute Gasteiger partial charge is 0.480 e. The first-order valence-corrected chi connectivity index (χ1v) is 5.55. The molecule has 3 N–H and O–H groups in total. The van der Waals surface area contributed by atoms with Crippen molar-refractivity contribution < 1.29 is 14.7 Å². The Morgan fingerprint density at radius 2 is 2.19 bits per heavy atom. The van der Waals surface area contributed by atoms with E-state index in [4.69, 9.17) is 5.11 Å². The molecule has 1 aliphatic heterocycles. The number of rotatable bonds is 4. The molecule has 0 saturated carbocycles. The number of hydrogen-bond acceptors (Lipinski definition) is 4. The van der Waals surface area contributed by atoms with Gasteiger partial charge in [0.2, 0.25) is 5.91 Å². The SMILES string of the molecule is CC(NC(=O)CN1CCCNCC1)C(=O)O. The van der Waals surface area contributed by atoms with Crippen LogP contribution in [0.4, 0.5) is 0 Å². The van der Waals surface area contributed by atoms with Crippen molar-refractivity contribution in [2.45, 2.75) is 19.4 Å². The lowest BCUT2D eigenvalue weighted by Gasteiger charge is -2.19. The molecular weight excluding hydrogens is 210 g/mol. The molecule has 0 aromatic heterocycles. The van der Waals surface area contributed by atoms with E-state index in [0.717, 1.165) is 32.6 Å². The van der Waals surface area contributed by atoms with Crippen LogP contribution in [0.2, 0.25) is 0 Å². The van der Waals surface area contributed by atoms with Crippen molar-refractivity contribution in [3.63, 3.8) is 0 Å². The lowest BCUT2D eigenvalue weighted by atomic mass is 10.3. The molecule has 1 rings (SSSR count). The normalized spacial score (nSPS) is 19.8. The zero-order chi connectivity index (χ0) is 12.0. The second-order valence-corrected chi connectivity index (χ2v) is 4.01. The summed E-state index contributed by atoms with van der Waals surface area (Å²) in [6.07, 6.45) is 1.02. The summed E-state index contributed by atoms with van der Waals surface area (Å²) in [5.74, 6) is -1.23. The summed E-state index contributed by atoms with van der Waals surface area (Å²) >= 11 is 0. The minimum Gasteiger partial charge on any atom is -0.480 e. The third kappa shape index (κ3) is 4.59. The maximum atomic E-state index is 11.5. The van der Waals surface area contributed by atoms with Gasteiger partial charge in [-0.25, -0.2) is 0 Å². The van der Waals surface area contributed by atoms with Gasteiger partial charge in [0.15, 0.2) is 0 Å². The van der Waals surface area contributed by atoms with Crippen LogP contribution in [0.3, 0.4) is 0 Å². The number of carboxylic acids is 1. The first kappa shape index (κ1) is 12.9. The average Bonchev–Trinajstić information content (AvgIpc) is 2.45. The molecule has 0 aromatic rings. The Balaban J connectivity index is 2.29. The molecule has 6 nitrogen and oxygen atoms in total. The first-order chi connectivity index (χ1) is 7.59. The number of nitrogens with one attached hydrogen (secondary N) is 2. The summed E-state index contributed by atoms with van der Waals surface area (Å²) in [6, 6.07) is -0.822. The van der Waals surface area contributed by atoms with Gasteiger partial charge in [-0.1, -0.05) is 0 Å². The number of carbonyl (C=O) groups excluding carboxylic acids is 1. The van der Waals surface area contributed by atoms with Crippen LogP contribution in [0.5, 0.6) is 0 Å². The van der Waals surface area contributed by atoms with Gasteiger partial charge in [0.05, 0.1) is 6.54 Å². The van der Waals surface area contributed by atoms with Crippen molar-refractivity contribution >= 4 is 11.9 Å². The molecule has 1 aliphatic rings. The van der Waals surface area contributed by atoms with Crippen LogP contribution in [-0.4, -0.2) is 60.6 Å². The quantitative estimate of drug-likeness (QED) is 0.568. The fourth-order valence-electron chi connectivity index (χ4n) is 1.61. The molecule has 1 saturated heterocycles. The topological polar surface area (TPSA) is 81.7 Å². The molecule has 6 heteroatoms. The van der Waals surface area contributed by atoms with E-state index in [1.807, 2.05) is 4.90 Å². The van der Waals surface area contributed by atoms with Crippen LogP contribution >= 0.6 is 0 Å². The fraction of sp³-hybridized carbons (Fsp3) is 0.800. The maximum Gasteiger partial charge on any atom is 0.325 e. The highest BCUT2D eigenvalue weighted by atomic mass is 16.4. The summed E-state index contributed by atoms with van der Waals surface area (Å²) in [5.41, 5.74) is 0. The van der Waals surface area contributed by atoms with Crippen molar-refractivity contribution in [1.82, 2.24) is 15.5 Å². The van der Waals surface area contributed by atoms with Crippen molar-refractivity contribution in [3.05, 3.63) is 0 Å². The summed E-state index contributed by atoms with van der Waals surface area (Å²) in [7, 11) is 0. The molecule has 16 heavy (non-hydrogen) atoms. The third-order valence-corrected chi connectivity index (χ3v) is 2.55. The van der Waals surface area contributed by atoms with E-state index >= 15 is 0 Å². The van der Waals surface area contributed by atoms with Gasteiger partial charge in [-0.3, -0.25) is 14.5 Å². The molecule has 1 heterocycles. The van der Waals surface area contributed by atoms with Gasteiger partial charge in [0.25, 0.3) is 0 Å². The summed E-state index contributed by atoms with van der Waals surface area (Å²) in [5, 5.41) is 14.3. The first-order valence-electron chi connectivity index (χ1n) is 5.55. The van der Waals surface area contributed by atoms with Gasteiger partial charge in [-0.2, -0.15) is 0 Å². The lowest BCUT2D eigenvalue weighted by Crippen LogP contribution is -2.44. The predicted molar refractivity (Wildman–Crippen MR) is 59.2 cm³/mol. The molecule has 1 amide bonds. The molecule has 1 atom stereocenters. The van der Waals surface area contributed by atoms with Gasteiger partial charge in [-0.05, 0) is 26.4 Å². The van der Waals surface area contributed by atoms with Gasteiger partial charge in [-0.15, -0.1) is 0 Å². The van der Waals surface area contributed by atoms with Crippen LogP contribution in [0, 0.1) is 0 Å². The van der Waals surface area contributed by atoms with Crippen LogP contribution in [0.25, 0.3) is 0 Å². The monoisotopic (exact) mass is 229 g/mol. The summed E-state index contributed by atoms with van der Waals surface area (Å²) in [4.78, 5) is 24.1. The van der Waals surface area contributed by atoms with E-state index in [1.54, 1.807) is 0 Å². The minimum atomic E-state index is -1.01. The zero-order valence-corrected chi connectivity index (χ0v) is 9.53. The Kier molecular flexibility index (Phi) is 5.21. The minimum absolute atomic E-state index is 0.225. The number of hydrogen-bond donors (Lipinski definition) is 3. The van der Waals surface area contributed by atoms with Gasteiger partial charge >= 0.3 is 5.97 Å². The third-order valence-electron chi connectivity index (χ3n) is 2.55. The number of aliphatic carboxylic acids is 1. The summed E-state index contributed by atoms with van der Waals surface area (Å²) in [6.45, 7) is 5.30. The highest BCUT2D eigenvalue weighted by Crippen LogP contribution is 1.95. The van der Waals surface area contributed by atoms with Crippen LogP contribution in [0.15, 0.2) is 0 Å². The smallest absolute Gasteiger partial charge is 0.325 e.